The molecule has 1 aromatic heterocycles. The molecule has 0 radical (unpaired) electrons. The van der Waals surface area contributed by atoms with Crippen molar-refractivity contribution in [3.63, 3.8) is 0 Å². The number of pyridine rings is 1. The molecule has 43 heavy (non-hydrogen) atoms. The lowest BCUT2D eigenvalue weighted by Gasteiger charge is -2.32. The number of hydrogen-bond acceptors (Lipinski definition) is 4. The van der Waals surface area contributed by atoms with Crippen LogP contribution in [-0.4, -0.2) is 34.9 Å². The lowest BCUT2D eigenvalue weighted by molar-refractivity contribution is -0.137. The molecule has 2 aromatic carbocycles. The molecule has 0 bridgehead atoms. The zero-order valence-electron chi connectivity index (χ0n) is 25.5. The molecule has 2 heterocycles. The van der Waals surface area contributed by atoms with Gasteiger partial charge in [-0.3, -0.25) is 14.7 Å². The molecule has 0 saturated carbocycles. The van der Waals surface area contributed by atoms with Crippen molar-refractivity contribution in [3.8, 4) is 6.07 Å². The Labute approximate surface area is 254 Å². The van der Waals surface area contributed by atoms with Crippen LogP contribution in [0, 0.1) is 24.2 Å². The van der Waals surface area contributed by atoms with Gasteiger partial charge in [0, 0.05) is 38.1 Å². The third kappa shape index (κ3) is 11.5. The summed E-state index contributed by atoms with van der Waals surface area (Å²) in [6.07, 6.45) is 7.14. The van der Waals surface area contributed by atoms with Gasteiger partial charge >= 0.3 is 6.18 Å². The van der Waals surface area contributed by atoms with Gasteiger partial charge in [-0.2, -0.15) is 18.4 Å². The van der Waals surface area contributed by atoms with Crippen LogP contribution in [0.2, 0.25) is 0 Å². The predicted octanol–water partition coefficient (Wildman–Crippen LogP) is 8.12. The lowest BCUT2D eigenvalue weighted by atomic mass is 9.91. The standard InChI is InChI=1S/C27H36N4O.C8H7F3/c1-3-5-21(6-4-2)15-24-16-25(19-29-18-24)27(32)30-26-11-13-31(14-12-26)20-23-9-7-22(17-28)8-10-23;1-6-2-4-7(5-3-6)8(9,10)11/h7-10,16,18-19,21,26H,3-6,11-15,20H2,1-2H3,(H,30,32);2-5H,1H3. The van der Waals surface area contributed by atoms with Gasteiger partial charge in [0.1, 0.15) is 0 Å². The van der Waals surface area contributed by atoms with E-state index in [-0.39, 0.29) is 11.9 Å². The molecular weight excluding hydrogens is 549 g/mol. The first-order valence-electron chi connectivity index (χ1n) is 15.2. The minimum atomic E-state index is -4.21. The monoisotopic (exact) mass is 592 g/mol. The van der Waals surface area contributed by atoms with Gasteiger partial charge in [0.2, 0.25) is 0 Å². The SMILES string of the molecule is CCCC(CCC)Cc1cncc(C(=O)NC2CCN(Cc3ccc(C#N)cc3)CC2)c1.Cc1ccc(C(F)(F)F)cc1. The number of piperidine rings is 1. The molecule has 1 aliphatic rings. The summed E-state index contributed by atoms with van der Waals surface area (Å²) in [6.45, 7) is 9.02. The zero-order chi connectivity index (χ0) is 31.2. The molecule has 3 aromatic rings. The van der Waals surface area contributed by atoms with Crippen LogP contribution in [0.5, 0.6) is 0 Å². The Morgan fingerprint density at radius 2 is 1.63 bits per heavy atom. The van der Waals surface area contributed by atoms with Crippen LogP contribution in [0.3, 0.4) is 0 Å². The van der Waals surface area contributed by atoms with Gasteiger partial charge in [-0.1, -0.05) is 69.4 Å². The summed E-state index contributed by atoms with van der Waals surface area (Å²) in [6, 6.07) is 17.2. The van der Waals surface area contributed by atoms with Gasteiger partial charge < -0.3 is 5.32 Å². The van der Waals surface area contributed by atoms with Gasteiger partial charge in [-0.15, -0.1) is 0 Å². The van der Waals surface area contributed by atoms with Gasteiger partial charge in [-0.05, 0) is 73.6 Å². The Kier molecular flexibility index (Phi) is 13.2. The maximum atomic E-state index is 12.8. The van der Waals surface area contributed by atoms with E-state index < -0.39 is 11.7 Å². The van der Waals surface area contributed by atoms with Crippen LogP contribution in [-0.2, 0) is 19.1 Å². The summed E-state index contributed by atoms with van der Waals surface area (Å²) >= 11 is 0. The van der Waals surface area contributed by atoms with E-state index in [1.165, 1.54) is 48.9 Å². The Morgan fingerprint density at radius 1 is 1.00 bits per heavy atom. The third-order valence-electron chi connectivity index (χ3n) is 7.77. The summed E-state index contributed by atoms with van der Waals surface area (Å²) in [5.74, 6) is 0.665. The average Bonchev–Trinajstić information content (AvgIpc) is 2.99. The molecule has 8 heteroatoms. The first-order valence-corrected chi connectivity index (χ1v) is 15.2. The third-order valence-corrected chi connectivity index (χ3v) is 7.77. The van der Waals surface area contributed by atoms with Crippen molar-refractivity contribution < 1.29 is 18.0 Å². The summed E-state index contributed by atoms with van der Waals surface area (Å²) in [5.41, 5.74) is 4.00. The van der Waals surface area contributed by atoms with E-state index in [1.807, 2.05) is 36.5 Å². The summed E-state index contributed by atoms with van der Waals surface area (Å²) in [4.78, 5) is 19.6. The van der Waals surface area contributed by atoms with Crippen molar-refractivity contribution in [1.29, 1.82) is 5.26 Å². The maximum absolute atomic E-state index is 12.8. The Hall–Kier alpha value is -3.70. The first kappa shape index (κ1) is 33.8. The zero-order valence-corrected chi connectivity index (χ0v) is 25.5. The molecule has 1 aliphatic heterocycles. The largest absolute Gasteiger partial charge is 0.416 e. The number of nitrogens with one attached hydrogen (secondary N) is 1. The van der Waals surface area contributed by atoms with Crippen LogP contribution < -0.4 is 5.32 Å². The molecule has 1 N–H and O–H groups in total. The van der Waals surface area contributed by atoms with E-state index in [0.29, 0.717) is 17.0 Å². The molecule has 5 nitrogen and oxygen atoms in total. The van der Waals surface area contributed by atoms with E-state index in [0.717, 1.165) is 56.6 Å². The Morgan fingerprint density at radius 3 is 2.19 bits per heavy atom. The van der Waals surface area contributed by atoms with Crippen LogP contribution in [0.1, 0.15) is 90.5 Å². The van der Waals surface area contributed by atoms with Gasteiger partial charge in [-0.25, -0.2) is 0 Å². The highest BCUT2D eigenvalue weighted by Gasteiger charge is 2.29. The fraction of sp³-hybridized carbons (Fsp3) is 0.457. The van der Waals surface area contributed by atoms with E-state index >= 15 is 0 Å². The number of nitrogens with zero attached hydrogens (tertiary/aromatic N) is 3. The van der Waals surface area contributed by atoms with Crippen molar-refractivity contribution >= 4 is 5.91 Å². The van der Waals surface area contributed by atoms with Crippen LogP contribution in [0.4, 0.5) is 13.2 Å². The molecule has 1 fully saturated rings. The second-order valence-corrected chi connectivity index (χ2v) is 11.4. The van der Waals surface area contributed by atoms with Crippen molar-refractivity contribution in [1.82, 2.24) is 15.2 Å². The number of halogens is 3. The number of aromatic nitrogens is 1. The van der Waals surface area contributed by atoms with E-state index in [1.54, 1.807) is 13.1 Å². The summed E-state index contributed by atoms with van der Waals surface area (Å²) in [7, 11) is 0. The number of aryl methyl sites for hydroxylation is 1. The van der Waals surface area contributed by atoms with Crippen molar-refractivity contribution in [3.05, 3.63) is 100 Å². The normalized spacial score (nSPS) is 14.1. The van der Waals surface area contributed by atoms with E-state index in [4.69, 9.17) is 5.26 Å². The highest BCUT2D eigenvalue weighted by atomic mass is 19.4. The summed E-state index contributed by atoms with van der Waals surface area (Å²) in [5, 5.41) is 12.2. The number of nitriles is 1. The smallest absolute Gasteiger partial charge is 0.349 e. The number of carbonyl (C=O) groups excluding carboxylic acids is 1. The van der Waals surface area contributed by atoms with Gasteiger partial charge in [0.15, 0.2) is 0 Å². The molecule has 230 valence electrons. The quantitative estimate of drug-likeness (QED) is 0.258. The molecule has 0 spiro atoms. The number of hydrogen-bond donors (Lipinski definition) is 1. The first-order chi connectivity index (χ1) is 20.6. The second-order valence-electron chi connectivity index (χ2n) is 11.4. The second kappa shape index (κ2) is 16.8. The Bertz CT molecular complexity index is 1300. The summed E-state index contributed by atoms with van der Waals surface area (Å²) < 4.78 is 35.8. The average molecular weight is 593 g/mol. The molecule has 0 aliphatic carbocycles. The highest BCUT2D eigenvalue weighted by molar-refractivity contribution is 5.94. The minimum Gasteiger partial charge on any atom is -0.349 e. The van der Waals surface area contributed by atoms with Crippen LogP contribution >= 0.6 is 0 Å². The van der Waals surface area contributed by atoms with Crippen molar-refractivity contribution in [2.24, 2.45) is 5.92 Å². The molecule has 4 rings (SSSR count). The van der Waals surface area contributed by atoms with Crippen molar-refractivity contribution in [2.45, 2.75) is 84.5 Å². The Balaban J connectivity index is 0.000000386. The number of amides is 1. The topological polar surface area (TPSA) is 69.0 Å². The fourth-order valence-corrected chi connectivity index (χ4v) is 5.41. The number of benzene rings is 2. The lowest BCUT2D eigenvalue weighted by Crippen LogP contribution is -2.44. The number of carbonyl (C=O) groups is 1. The maximum Gasteiger partial charge on any atom is 0.416 e. The number of likely N-dealkylation sites (tertiary alicyclic amines) is 1. The van der Waals surface area contributed by atoms with Crippen LogP contribution in [0.25, 0.3) is 0 Å². The van der Waals surface area contributed by atoms with Gasteiger partial charge in [0.25, 0.3) is 5.91 Å². The molecule has 0 unspecified atom stereocenters. The van der Waals surface area contributed by atoms with E-state index in [9.17, 15) is 18.0 Å². The van der Waals surface area contributed by atoms with Crippen molar-refractivity contribution in [2.75, 3.05) is 13.1 Å². The van der Waals surface area contributed by atoms with E-state index in [2.05, 4.69) is 35.1 Å². The molecule has 1 amide bonds. The van der Waals surface area contributed by atoms with Crippen LogP contribution in [0.15, 0.2) is 67.0 Å². The number of rotatable bonds is 10. The molecular formula is C35H43F3N4O. The highest BCUT2D eigenvalue weighted by Crippen LogP contribution is 2.29. The molecule has 1 saturated heterocycles. The predicted molar refractivity (Wildman–Crippen MR) is 164 cm³/mol. The minimum absolute atomic E-state index is 0.00701. The molecule has 0 atom stereocenters. The van der Waals surface area contributed by atoms with Gasteiger partial charge in [0.05, 0.1) is 22.8 Å². The number of alkyl halides is 3. The fourth-order valence-electron chi connectivity index (χ4n) is 5.41.